The minimum Gasteiger partial charge on any atom is -0.478 e. The molecule has 2 N–H and O–H groups in total. The van der Waals surface area contributed by atoms with Gasteiger partial charge in [-0.25, -0.2) is 9.59 Å². The number of hydrogen-bond acceptors (Lipinski definition) is 5. The van der Waals surface area contributed by atoms with Crippen LogP contribution in [0.5, 0.6) is 0 Å². The van der Waals surface area contributed by atoms with E-state index < -0.39 is 11.9 Å². The number of fused-ring (bicyclic) bond motifs is 2. The molecule has 1 saturated heterocycles. The number of carboxylic acid groups (broad SMARTS) is 2. The molecule has 0 spiro atoms. The Labute approximate surface area is 219 Å². The largest absolute Gasteiger partial charge is 0.478 e. The van der Waals surface area contributed by atoms with Gasteiger partial charge in [-0.2, -0.15) is 0 Å². The van der Waals surface area contributed by atoms with Gasteiger partial charge in [0.2, 0.25) is 0 Å². The number of nitrogens with zero attached hydrogens (tertiary/aromatic N) is 2. The molecule has 0 amide bonds. The van der Waals surface area contributed by atoms with Crippen LogP contribution in [0.3, 0.4) is 0 Å². The van der Waals surface area contributed by atoms with Gasteiger partial charge in [-0.1, -0.05) is 65.8 Å². The average Bonchev–Trinajstić information content (AvgIpc) is 2.87. The topological polar surface area (TPSA) is 81.1 Å². The first-order valence-corrected chi connectivity index (χ1v) is 12.9. The molecule has 0 saturated carbocycles. The van der Waals surface area contributed by atoms with Crippen LogP contribution >= 0.6 is 23.4 Å². The molecule has 0 aromatic heterocycles. The van der Waals surface area contributed by atoms with Crippen LogP contribution in [0.15, 0.2) is 94.7 Å². The lowest BCUT2D eigenvalue weighted by Gasteiger charge is -2.43. The van der Waals surface area contributed by atoms with Crippen molar-refractivity contribution in [2.75, 3.05) is 18.0 Å². The lowest BCUT2D eigenvalue weighted by atomic mass is 10.0. The Bertz CT molecular complexity index is 1240. The molecule has 0 radical (unpaired) electrons. The van der Waals surface area contributed by atoms with E-state index in [1.165, 1.54) is 39.6 Å². The molecule has 6 nitrogen and oxygen atoms in total. The Morgan fingerprint density at radius 1 is 0.917 bits per heavy atom. The van der Waals surface area contributed by atoms with Crippen LogP contribution in [0.25, 0.3) is 0 Å². The molecule has 2 aliphatic rings. The number of halogens is 1. The lowest BCUT2D eigenvalue weighted by molar-refractivity contribution is -0.134. The van der Waals surface area contributed by atoms with Gasteiger partial charge in [0.1, 0.15) is 0 Å². The van der Waals surface area contributed by atoms with Gasteiger partial charge >= 0.3 is 11.9 Å². The summed E-state index contributed by atoms with van der Waals surface area (Å²) in [4.78, 5) is 26.9. The molecular formula is C28H27ClN2O4S. The van der Waals surface area contributed by atoms with Crippen molar-refractivity contribution in [3.8, 4) is 0 Å². The van der Waals surface area contributed by atoms with Crippen LogP contribution in [0, 0.1) is 0 Å². The summed E-state index contributed by atoms with van der Waals surface area (Å²) in [5, 5.41) is 16.4. The Balaban J connectivity index is 0.000000331. The predicted molar refractivity (Wildman–Crippen MR) is 143 cm³/mol. The quantitative estimate of drug-likeness (QED) is 0.379. The van der Waals surface area contributed by atoms with Crippen molar-refractivity contribution in [3.63, 3.8) is 0 Å². The molecule has 2 heterocycles. The van der Waals surface area contributed by atoms with Crippen molar-refractivity contribution in [3.05, 3.63) is 95.5 Å². The zero-order valence-corrected chi connectivity index (χ0v) is 21.2. The third-order valence-corrected chi connectivity index (χ3v) is 7.35. The molecule has 2 aliphatic heterocycles. The van der Waals surface area contributed by atoms with E-state index in [1.54, 1.807) is 0 Å². The van der Waals surface area contributed by atoms with Gasteiger partial charge in [0.25, 0.3) is 0 Å². The van der Waals surface area contributed by atoms with Crippen LogP contribution in [0.4, 0.5) is 11.4 Å². The maximum absolute atomic E-state index is 9.55. The van der Waals surface area contributed by atoms with Crippen LogP contribution < -0.4 is 4.90 Å². The number of piperidine rings is 1. The summed E-state index contributed by atoms with van der Waals surface area (Å²) in [5.41, 5.74) is 3.96. The number of rotatable bonds is 5. The van der Waals surface area contributed by atoms with E-state index >= 15 is 0 Å². The number of benzene rings is 3. The maximum atomic E-state index is 9.55. The van der Waals surface area contributed by atoms with Gasteiger partial charge in [0, 0.05) is 46.1 Å². The molecule has 186 valence electrons. The molecule has 0 aliphatic carbocycles. The molecule has 1 atom stereocenters. The Morgan fingerprint density at radius 3 is 2.31 bits per heavy atom. The second kappa shape index (κ2) is 12.1. The highest BCUT2D eigenvalue weighted by Gasteiger charge is 2.32. The van der Waals surface area contributed by atoms with Gasteiger partial charge in [-0.05, 0) is 55.3 Å². The highest BCUT2D eigenvalue weighted by molar-refractivity contribution is 7.99. The standard InChI is InChI=1S/C24H23ClN2S.C4H4O4/c25-19-12-13-24-22(15-19)27(21-10-4-5-11-23(21)28-24)20-9-6-14-26(17-20)16-18-7-2-1-3-8-18;5-3(6)1-2-4(7)8/h1-5,7-8,10-13,15,20H,6,9,14,16-17H2;1-2H,(H,5,6)(H,7,8)/b;2-1-. The van der Waals surface area contributed by atoms with E-state index in [2.05, 4.69) is 76.5 Å². The smallest absolute Gasteiger partial charge is 0.328 e. The number of anilines is 2. The van der Waals surface area contributed by atoms with E-state index in [0.717, 1.165) is 24.7 Å². The molecule has 5 rings (SSSR count). The van der Waals surface area contributed by atoms with Gasteiger partial charge in [0.05, 0.1) is 11.4 Å². The van der Waals surface area contributed by atoms with E-state index in [0.29, 0.717) is 18.2 Å². The molecule has 36 heavy (non-hydrogen) atoms. The maximum Gasteiger partial charge on any atom is 0.328 e. The Hall–Kier alpha value is -3.26. The minimum absolute atomic E-state index is 0.455. The number of hydrogen-bond donors (Lipinski definition) is 2. The molecule has 0 bridgehead atoms. The molecule has 3 aromatic carbocycles. The SMILES string of the molecule is Clc1ccc2c(c1)N(C1CCCN(Cc3ccccc3)C1)c1ccccc1S2.O=C(O)/C=C\C(=O)O. The van der Waals surface area contributed by atoms with Gasteiger partial charge in [-0.15, -0.1) is 0 Å². The van der Waals surface area contributed by atoms with Gasteiger partial charge < -0.3 is 15.1 Å². The first-order chi connectivity index (χ1) is 17.4. The minimum atomic E-state index is -1.26. The number of carbonyl (C=O) groups is 2. The average molecular weight is 523 g/mol. The first-order valence-electron chi connectivity index (χ1n) is 11.7. The third kappa shape index (κ3) is 6.69. The van der Waals surface area contributed by atoms with Crippen LogP contribution in [-0.4, -0.2) is 46.2 Å². The van der Waals surface area contributed by atoms with E-state index in [1.807, 2.05) is 17.8 Å². The van der Waals surface area contributed by atoms with Crippen LogP contribution in [0.2, 0.25) is 5.02 Å². The van der Waals surface area contributed by atoms with Crippen LogP contribution in [-0.2, 0) is 16.1 Å². The van der Waals surface area contributed by atoms with E-state index in [-0.39, 0.29) is 0 Å². The molecule has 1 unspecified atom stereocenters. The van der Waals surface area contributed by atoms with Gasteiger partial charge in [-0.3, -0.25) is 4.90 Å². The zero-order valence-electron chi connectivity index (χ0n) is 19.6. The third-order valence-electron chi connectivity index (χ3n) is 5.99. The van der Waals surface area contributed by atoms with Crippen molar-refractivity contribution < 1.29 is 19.8 Å². The van der Waals surface area contributed by atoms with Gasteiger partial charge in [0.15, 0.2) is 0 Å². The molecule has 8 heteroatoms. The number of carboxylic acids is 2. The second-order valence-corrected chi connectivity index (χ2v) is 10.1. The lowest BCUT2D eigenvalue weighted by Crippen LogP contribution is -2.46. The summed E-state index contributed by atoms with van der Waals surface area (Å²) in [6.45, 7) is 3.25. The number of para-hydroxylation sites is 1. The summed E-state index contributed by atoms with van der Waals surface area (Å²) in [7, 11) is 0. The van der Waals surface area contributed by atoms with Crippen molar-refractivity contribution in [1.29, 1.82) is 0 Å². The van der Waals surface area contributed by atoms with Crippen molar-refractivity contribution >= 4 is 46.7 Å². The van der Waals surface area contributed by atoms with E-state index in [4.69, 9.17) is 21.8 Å². The number of aliphatic carboxylic acids is 2. The van der Waals surface area contributed by atoms with Crippen LogP contribution in [0.1, 0.15) is 18.4 Å². The first kappa shape index (κ1) is 25.8. The Morgan fingerprint density at radius 2 is 1.58 bits per heavy atom. The molecule has 3 aromatic rings. The van der Waals surface area contributed by atoms with E-state index in [9.17, 15) is 9.59 Å². The fourth-order valence-electron chi connectivity index (χ4n) is 4.52. The predicted octanol–water partition coefficient (Wildman–Crippen LogP) is 6.32. The second-order valence-electron chi connectivity index (χ2n) is 8.58. The monoisotopic (exact) mass is 522 g/mol. The summed E-state index contributed by atoms with van der Waals surface area (Å²) < 4.78 is 0. The normalized spacial score (nSPS) is 17.0. The summed E-state index contributed by atoms with van der Waals surface area (Å²) >= 11 is 8.25. The van der Waals surface area contributed by atoms with Crippen molar-refractivity contribution in [2.24, 2.45) is 0 Å². The number of likely N-dealkylation sites (tertiary alicyclic amines) is 1. The van der Waals surface area contributed by atoms with Crippen molar-refractivity contribution in [1.82, 2.24) is 4.90 Å². The molecule has 1 fully saturated rings. The summed E-state index contributed by atoms with van der Waals surface area (Å²) in [6.07, 6.45) is 3.54. The molecular weight excluding hydrogens is 496 g/mol. The Kier molecular flexibility index (Phi) is 8.70. The van der Waals surface area contributed by atoms with Crippen molar-refractivity contribution in [2.45, 2.75) is 35.2 Å². The summed E-state index contributed by atoms with van der Waals surface area (Å²) in [5.74, 6) is -2.51. The zero-order chi connectivity index (χ0) is 25.5. The highest BCUT2D eigenvalue weighted by Crippen LogP contribution is 2.50. The summed E-state index contributed by atoms with van der Waals surface area (Å²) in [6, 6.07) is 26.3. The highest BCUT2D eigenvalue weighted by atomic mass is 35.5. The fraction of sp³-hybridized carbons (Fsp3) is 0.214. The fourth-order valence-corrected chi connectivity index (χ4v) is 5.74.